The van der Waals surface area contributed by atoms with Gasteiger partial charge >= 0.3 is 0 Å². The lowest BCUT2D eigenvalue weighted by molar-refractivity contribution is 0.317. The number of rotatable bonds is 10. The maximum absolute atomic E-state index is 14.1. The minimum absolute atomic E-state index is 0.0773. The summed E-state index contributed by atoms with van der Waals surface area (Å²) in [6.07, 6.45) is 3.15. The van der Waals surface area contributed by atoms with E-state index in [0.29, 0.717) is 37.1 Å². The number of hydrogen-bond donors (Lipinski definition) is 0. The van der Waals surface area contributed by atoms with Crippen LogP contribution in [0.4, 0.5) is 0 Å². The molecule has 4 aromatic rings. The molecule has 0 atom stereocenters. The fraction of sp³-hybridized carbons (Fsp3) is 0.281. The van der Waals surface area contributed by atoms with Crippen LogP contribution in [0.5, 0.6) is 5.75 Å². The number of benzene rings is 3. The molecule has 0 N–H and O–H groups in total. The van der Waals surface area contributed by atoms with Crippen molar-refractivity contribution in [3.63, 3.8) is 0 Å². The second-order valence-corrected chi connectivity index (χ2v) is 9.03. The van der Waals surface area contributed by atoms with Crippen LogP contribution in [0.25, 0.3) is 22.3 Å². The smallest absolute Gasteiger partial charge is 0.261 e. The molecule has 0 saturated carbocycles. The van der Waals surface area contributed by atoms with Crippen molar-refractivity contribution in [3.05, 3.63) is 106 Å². The number of aromatic nitrogens is 2. The lowest BCUT2D eigenvalue weighted by Gasteiger charge is -2.18. The number of aryl methyl sites for hydroxylation is 2. The first-order chi connectivity index (χ1) is 18.1. The molecule has 0 aliphatic heterocycles. The molecule has 5 heteroatoms. The number of hydrogen-bond acceptors (Lipinski definition) is 4. The van der Waals surface area contributed by atoms with Crippen LogP contribution in [0.2, 0.25) is 0 Å². The molecule has 5 nitrogen and oxygen atoms in total. The van der Waals surface area contributed by atoms with Crippen molar-refractivity contribution in [1.29, 1.82) is 5.26 Å². The highest BCUT2D eigenvalue weighted by atomic mass is 16.5. The van der Waals surface area contributed by atoms with Gasteiger partial charge in [0, 0.05) is 6.42 Å². The second-order valence-electron chi connectivity index (χ2n) is 9.03. The molecular weight excluding hydrogens is 458 g/mol. The molecule has 0 bridgehead atoms. The third kappa shape index (κ3) is 5.65. The average Bonchev–Trinajstić information content (AvgIpc) is 2.94. The van der Waals surface area contributed by atoms with Crippen LogP contribution in [0, 0.1) is 11.3 Å². The van der Waals surface area contributed by atoms with E-state index in [-0.39, 0.29) is 5.56 Å². The molecule has 3 aromatic carbocycles. The first-order valence-corrected chi connectivity index (χ1v) is 13.0. The lowest BCUT2D eigenvalue weighted by atomic mass is 9.96. The highest BCUT2D eigenvalue weighted by Gasteiger charge is 2.19. The molecule has 4 rings (SSSR count). The lowest BCUT2D eigenvalue weighted by Crippen LogP contribution is -2.29. The van der Waals surface area contributed by atoms with Crippen LogP contribution in [-0.2, 0) is 19.4 Å². The van der Waals surface area contributed by atoms with Crippen LogP contribution >= 0.6 is 0 Å². The van der Waals surface area contributed by atoms with Crippen molar-refractivity contribution in [2.75, 3.05) is 6.61 Å². The van der Waals surface area contributed by atoms with Gasteiger partial charge in [-0.25, -0.2) is 4.98 Å². The number of nitrogens with zero attached hydrogens (tertiary/aromatic N) is 3. The molecule has 0 aliphatic rings. The van der Waals surface area contributed by atoms with Crippen molar-refractivity contribution in [1.82, 2.24) is 9.55 Å². The zero-order valence-electron chi connectivity index (χ0n) is 21.8. The average molecular weight is 492 g/mol. The van der Waals surface area contributed by atoms with Crippen LogP contribution in [-0.4, -0.2) is 16.2 Å². The molecule has 37 heavy (non-hydrogen) atoms. The molecule has 1 aromatic heterocycles. The molecular formula is C32H33N3O2. The fourth-order valence-electron chi connectivity index (χ4n) is 4.60. The summed E-state index contributed by atoms with van der Waals surface area (Å²) in [4.78, 5) is 19.0. The van der Waals surface area contributed by atoms with E-state index in [9.17, 15) is 10.1 Å². The van der Waals surface area contributed by atoms with Gasteiger partial charge in [0.05, 0.1) is 30.0 Å². The molecule has 0 unspecified atom stereocenters. The van der Waals surface area contributed by atoms with E-state index < -0.39 is 0 Å². The van der Waals surface area contributed by atoms with E-state index in [1.807, 2.05) is 79.7 Å². The van der Waals surface area contributed by atoms with E-state index in [1.54, 1.807) is 4.57 Å². The Bertz CT molecular complexity index is 1450. The summed E-state index contributed by atoms with van der Waals surface area (Å²) in [5.74, 6) is 1.54. The normalized spacial score (nSPS) is 10.8. The molecule has 0 aliphatic carbocycles. The van der Waals surface area contributed by atoms with E-state index in [0.717, 1.165) is 52.4 Å². The first kappa shape index (κ1) is 25.9. The molecule has 0 spiro atoms. The number of nitriles is 1. The van der Waals surface area contributed by atoms with Crippen molar-refractivity contribution >= 4 is 0 Å². The Labute approximate surface area is 219 Å². The predicted octanol–water partition coefficient (Wildman–Crippen LogP) is 6.80. The van der Waals surface area contributed by atoms with Gasteiger partial charge in [0.2, 0.25) is 0 Å². The Balaban J connectivity index is 1.83. The summed E-state index contributed by atoms with van der Waals surface area (Å²) in [5.41, 5.74) is 5.40. The van der Waals surface area contributed by atoms with Crippen LogP contribution in [0.1, 0.15) is 56.3 Å². The van der Waals surface area contributed by atoms with Gasteiger partial charge in [-0.3, -0.25) is 9.36 Å². The van der Waals surface area contributed by atoms with Gasteiger partial charge in [-0.05, 0) is 53.6 Å². The summed E-state index contributed by atoms with van der Waals surface area (Å²) in [5, 5.41) is 10.1. The van der Waals surface area contributed by atoms with Gasteiger partial charge in [0.25, 0.3) is 5.56 Å². The van der Waals surface area contributed by atoms with Gasteiger partial charge in [-0.1, -0.05) is 81.4 Å². The van der Waals surface area contributed by atoms with E-state index in [2.05, 4.69) is 19.9 Å². The van der Waals surface area contributed by atoms with E-state index >= 15 is 0 Å². The topological polar surface area (TPSA) is 67.9 Å². The van der Waals surface area contributed by atoms with Crippen LogP contribution in [0.15, 0.2) is 77.6 Å². The summed E-state index contributed by atoms with van der Waals surface area (Å²) in [7, 11) is 0. The number of ether oxygens (including phenoxy) is 1. The second kappa shape index (κ2) is 12.2. The maximum atomic E-state index is 14.1. The largest absolute Gasteiger partial charge is 0.494 e. The summed E-state index contributed by atoms with van der Waals surface area (Å²) in [6, 6.07) is 25.8. The van der Waals surface area contributed by atoms with E-state index in [1.165, 1.54) is 0 Å². The highest BCUT2D eigenvalue weighted by Crippen LogP contribution is 2.27. The van der Waals surface area contributed by atoms with Crippen LogP contribution in [0.3, 0.4) is 0 Å². The van der Waals surface area contributed by atoms with Gasteiger partial charge < -0.3 is 4.74 Å². The Morgan fingerprint density at radius 2 is 1.65 bits per heavy atom. The SMILES string of the molecule is CCCOc1ccc(-c2c(CC)nc(CCC)n(Cc3cccc(-c4ccccc4)c3C#N)c2=O)cc1. The quantitative estimate of drug-likeness (QED) is 0.245. The minimum Gasteiger partial charge on any atom is -0.494 e. The first-order valence-electron chi connectivity index (χ1n) is 13.0. The standard InChI is InChI=1S/C32H33N3O2/c1-4-11-30-34-29(6-3)31(24-16-18-26(19-17-24)37-20-5-2)32(36)35(30)22-25-14-10-15-27(28(25)21-33)23-12-8-7-9-13-23/h7-10,12-19H,4-6,11,20,22H2,1-3H3. The van der Waals surface area contributed by atoms with Crippen molar-refractivity contribution in [2.24, 2.45) is 0 Å². The Kier molecular flexibility index (Phi) is 8.53. The van der Waals surface area contributed by atoms with Crippen molar-refractivity contribution < 1.29 is 4.74 Å². The van der Waals surface area contributed by atoms with Gasteiger partial charge in [0.1, 0.15) is 17.6 Å². The van der Waals surface area contributed by atoms with Crippen molar-refractivity contribution in [2.45, 2.75) is 53.0 Å². The third-order valence-electron chi connectivity index (χ3n) is 6.42. The minimum atomic E-state index is -0.0773. The summed E-state index contributed by atoms with van der Waals surface area (Å²) < 4.78 is 7.48. The Morgan fingerprint density at radius 1 is 0.892 bits per heavy atom. The molecule has 0 amide bonds. The Morgan fingerprint density at radius 3 is 2.30 bits per heavy atom. The van der Waals surface area contributed by atoms with Gasteiger partial charge in [-0.15, -0.1) is 0 Å². The molecule has 1 heterocycles. The van der Waals surface area contributed by atoms with Gasteiger partial charge in [0.15, 0.2) is 0 Å². The molecule has 0 fully saturated rings. The third-order valence-corrected chi connectivity index (χ3v) is 6.42. The monoisotopic (exact) mass is 491 g/mol. The predicted molar refractivity (Wildman–Crippen MR) is 149 cm³/mol. The zero-order valence-corrected chi connectivity index (χ0v) is 21.8. The van der Waals surface area contributed by atoms with Gasteiger partial charge in [-0.2, -0.15) is 5.26 Å². The fourth-order valence-corrected chi connectivity index (χ4v) is 4.60. The maximum Gasteiger partial charge on any atom is 0.261 e. The van der Waals surface area contributed by atoms with E-state index in [4.69, 9.17) is 9.72 Å². The Hall–Kier alpha value is -4.17. The van der Waals surface area contributed by atoms with Crippen molar-refractivity contribution in [3.8, 4) is 34.1 Å². The molecule has 0 saturated heterocycles. The summed E-state index contributed by atoms with van der Waals surface area (Å²) in [6.45, 7) is 7.13. The van der Waals surface area contributed by atoms with Crippen LogP contribution < -0.4 is 10.3 Å². The zero-order chi connectivity index (χ0) is 26.2. The molecule has 0 radical (unpaired) electrons. The highest BCUT2D eigenvalue weighted by molar-refractivity contribution is 5.72. The summed E-state index contributed by atoms with van der Waals surface area (Å²) >= 11 is 0. The molecule has 188 valence electrons.